The normalized spacial score (nSPS) is 31.1. The van der Waals surface area contributed by atoms with E-state index in [1.165, 1.54) is 32.1 Å². The lowest BCUT2D eigenvalue weighted by atomic mass is 9.75. The zero-order valence-electron chi connectivity index (χ0n) is 10.2. The molecule has 0 unspecified atom stereocenters. The molecule has 0 aromatic rings. The van der Waals surface area contributed by atoms with E-state index in [1.54, 1.807) is 0 Å². The molecule has 16 heavy (non-hydrogen) atoms. The topological polar surface area (TPSA) is 32.3 Å². The minimum Gasteiger partial charge on any atom is -0.328 e. The lowest BCUT2D eigenvalue weighted by molar-refractivity contribution is -0.131. The van der Waals surface area contributed by atoms with Crippen LogP contribution in [0, 0.1) is 5.41 Å². The van der Waals surface area contributed by atoms with Gasteiger partial charge in [0.15, 0.2) is 0 Å². The number of nitrogens with one attached hydrogen (secondary N) is 1. The summed E-state index contributed by atoms with van der Waals surface area (Å²) in [5.74, 6) is 0.374. The summed E-state index contributed by atoms with van der Waals surface area (Å²) in [5.41, 5.74) is 0.279. The van der Waals surface area contributed by atoms with Crippen LogP contribution in [0.3, 0.4) is 0 Å². The third kappa shape index (κ3) is 1.65. The molecular formula is C13H22N2O. The number of nitrogens with zero attached hydrogens (tertiary/aromatic N) is 1. The first kappa shape index (κ1) is 10.6. The van der Waals surface area contributed by atoms with Crippen LogP contribution in [0.2, 0.25) is 0 Å². The van der Waals surface area contributed by atoms with E-state index < -0.39 is 0 Å². The van der Waals surface area contributed by atoms with Crippen molar-refractivity contribution in [3.63, 3.8) is 0 Å². The van der Waals surface area contributed by atoms with E-state index in [0.717, 1.165) is 26.1 Å². The molecule has 0 atom stereocenters. The van der Waals surface area contributed by atoms with E-state index in [1.807, 2.05) is 0 Å². The summed E-state index contributed by atoms with van der Waals surface area (Å²) in [6.07, 6.45) is 8.77. The quantitative estimate of drug-likeness (QED) is 0.773. The second-order valence-corrected chi connectivity index (χ2v) is 6.29. The largest absolute Gasteiger partial charge is 0.328 e. The highest BCUT2D eigenvalue weighted by Crippen LogP contribution is 2.42. The molecule has 3 aliphatic rings. The molecule has 2 saturated carbocycles. The molecule has 3 nitrogen and oxygen atoms in total. The van der Waals surface area contributed by atoms with Crippen molar-refractivity contribution in [2.45, 2.75) is 57.4 Å². The Morgan fingerprint density at radius 1 is 1.19 bits per heavy atom. The number of rotatable bonds is 2. The zero-order valence-corrected chi connectivity index (χ0v) is 10.2. The van der Waals surface area contributed by atoms with Gasteiger partial charge in [0, 0.05) is 6.54 Å². The Morgan fingerprint density at radius 2 is 1.88 bits per heavy atom. The third-order valence-corrected chi connectivity index (χ3v) is 4.69. The summed E-state index contributed by atoms with van der Waals surface area (Å²) < 4.78 is 0. The molecular weight excluding hydrogens is 200 g/mol. The van der Waals surface area contributed by atoms with Crippen LogP contribution in [0.4, 0.5) is 0 Å². The van der Waals surface area contributed by atoms with Crippen molar-refractivity contribution in [1.82, 2.24) is 10.2 Å². The molecule has 3 fully saturated rings. The van der Waals surface area contributed by atoms with Gasteiger partial charge in [0.05, 0.1) is 12.2 Å². The minimum absolute atomic E-state index is 0.106. The summed E-state index contributed by atoms with van der Waals surface area (Å²) in [5, 5.41) is 3.39. The predicted molar refractivity (Wildman–Crippen MR) is 62.9 cm³/mol. The van der Waals surface area contributed by atoms with Crippen molar-refractivity contribution in [1.29, 1.82) is 0 Å². The monoisotopic (exact) mass is 222 g/mol. The first-order valence-corrected chi connectivity index (χ1v) is 6.68. The van der Waals surface area contributed by atoms with Crippen molar-refractivity contribution in [2.75, 3.05) is 13.2 Å². The van der Waals surface area contributed by atoms with Crippen molar-refractivity contribution in [3.8, 4) is 0 Å². The molecule has 0 radical (unpaired) electrons. The zero-order chi connectivity index (χ0) is 11.2. The summed E-state index contributed by atoms with van der Waals surface area (Å²) in [6.45, 7) is 4.12. The van der Waals surface area contributed by atoms with Gasteiger partial charge < -0.3 is 4.90 Å². The third-order valence-electron chi connectivity index (χ3n) is 4.69. The molecule has 1 N–H and O–H groups in total. The fourth-order valence-electron chi connectivity index (χ4n) is 3.36. The second kappa shape index (κ2) is 3.46. The van der Waals surface area contributed by atoms with Gasteiger partial charge in [0.2, 0.25) is 5.91 Å². The molecule has 1 spiro atoms. The Labute approximate surface area is 97.6 Å². The van der Waals surface area contributed by atoms with E-state index >= 15 is 0 Å². The highest BCUT2D eigenvalue weighted by atomic mass is 16.2. The molecule has 1 heterocycles. The fraction of sp³-hybridized carbons (Fsp3) is 0.923. The number of carbonyl (C=O) groups is 1. The predicted octanol–water partition coefficient (Wildman–Crippen LogP) is 1.88. The summed E-state index contributed by atoms with van der Waals surface area (Å²) in [7, 11) is 0. The first-order valence-electron chi connectivity index (χ1n) is 6.68. The van der Waals surface area contributed by atoms with Gasteiger partial charge in [0.1, 0.15) is 0 Å². The van der Waals surface area contributed by atoms with Crippen LogP contribution in [0.1, 0.15) is 51.9 Å². The van der Waals surface area contributed by atoms with Crippen LogP contribution in [0.15, 0.2) is 0 Å². The number of hydrogen-bond donors (Lipinski definition) is 1. The van der Waals surface area contributed by atoms with Gasteiger partial charge in [-0.15, -0.1) is 0 Å². The maximum Gasteiger partial charge on any atom is 0.243 e. The first-order chi connectivity index (χ1) is 7.64. The Hall–Kier alpha value is -0.570. The highest BCUT2D eigenvalue weighted by molar-refractivity contribution is 5.91. The lowest BCUT2D eigenvalue weighted by Crippen LogP contribution is -2.40. The van der Waals surface area contributed by atoms with Gasteiger partial charge in [-0.3, -0.25) is 10.1 Å². The highest BCUT2D eigenvalue weighted by Gasteiger charge is 2.56. The summed E-state index contributed by atoms with van der Waals surface area (Å²) in [6, 6.07) is 0. The van der Waals surface area contributed by atoms with Crippen molar-refractivity contribution >= 4 is 5.91 Å². The van der Waals surface area contributed by atoms with Crippen molar-refractivity contribution in [3.05, 3.63) is 0 Å². The molecule has 3 heteroatoms. The smallest absolute Gasteiger partial charge is 0.243 e. The van der Waals surface area contributed by atoms with E-state index in [0.29, 0.717) is 11.3 Å². The molecule has 0 aromatic carbocycles. The van der Waals surface area contributed by atoms with Gasteiger partial charge in [-0.2, -0.15) is 0 Å². The van der Waals surface area contributed by atoms with Gasteiger partial charge >= 0.3 is 0 Å². The molecule has 0 bridgehead atoms. The second-order valence-electron chi connectivity index (χ2n) is 6.29. The molecule has 90 valence electrons. The van der Waals surface area contributed by atoms with Gasteiger partial charge in [-0.05, 0) is 31.1 Å². The molecule has 3 rings (SSSR count). The number of carbonyl (C=O) groups excluding carboxylic acids is 1. The SMILES string of the molecule is CC1(CN2CNC3(CC3)C2=O)CCCCC1. The van der Waals surface area contributed by atoms with Gasteiger partial charge in [-0.1, -0.05) is 26.2 Å². The lowest BCUT2D eigenvalue weighted by Gasteiger charge is -2.36. The fourth-order valence-corrected chi connectivity index (χ4v) is 3.36. The van der Waals surface area contributed by atoms with Gasteiger partial charge in [-0.25, -0.2) is 0 Å². The van der Waals surface area contributed by atoms with Crippen molar-refractivity contribution < 1.29 is 4.79 Å². The number of amides is 1. The van der Waals surface area contributed by atoms with Crippen LogP contribution >= 0.6 is 0 Å². The van der Waals surface area contributed by atoms with Crippen LogP contribution in [0.5, 0.6) is 0 Å². The molecule has 0 aromatic heterocycles. The Kier molecular flexibility index (Phi) is 2.29. The Balaban J connectivity index is 1.64. The Bertz CT molecular complexity index is 303. The van der Waals surface area contributed by atoms with Crippen LogP contribution < -0.4 is 5.32 Å². The molecule has 1 saturated heterocycles. The van der Waals surface area contributed by atoms with E-state index in [4.69, 9.17) is 0 Å². The minimum atomic E-state index is -0.106. The maximum atomic E-state index is 12.2. The van der Waals surface area contributed by atoms with Crippen LogP contribution in [0.25, 0.3) is 0 Å². The van der Waals surface area contributed by atoms with Crippen LogP contribution in [-0.2, 0) is 4.79 Å². The molecule has 1 aliphatic heterocycles. The Morgan fingerprint density at radius 3 is 2.44 bits per heavy atom. The molecule has 2 aliphatic carbocycles. The maximum absolute atomic E-state index is 12.2. The average molecular weight is 222 g/mol. The van der Waals surface area contributed by atoms with Crippen LogP contribution in [-0.4, -0.2) is 29.6 Å². The summed E-state index contributed by atoms with van der Waals surface area (Å²) in [4.78, 5) is 14.2. The van der Waals surface area contributed by atoms with E-state index in [9.17, 15) is 4.79 Å². The standard InChI is InChI=1S/C13H22N2O/c1-12(5-3-2-4-6-12)9-15-10-14-13(7-8-13)11(15)16/h14H,2-10H2,1H3. The van der Waals surface area contributed by atoms with E-state index in [2.05, 4.69) is 17.1 Å². The van der Waals surface area contributed by atoms with E-state index in [-0.39, 0.29) is 5.54 Å². The number of hydrogen-bond acceptors (Lipinski definition) is 2. The summed E-state index contributed by atoms with van der Waals surface area (Å²) >= 11 is 0. The van der Waals surface area contributed by atoms with Gasteiger partial charge in [0.25, 0.3) is 0 Å². The average Bonchev–Trinajstić information content (AvgIpc) is 2.99. The molecule has 1 amide bonds. The van der Waals surface area contributed by atoms with Crippen molar-refractivity contribution in [2.24, 2.45) is 5.41 Å².